The van der Waals surface area contributed by atoms with Gasteiger partial charge >= 0.3 is 0 Å². The van der Waals surface area contributed by atoms with Crippen molar-refractivity contribution >= 4 is 32.5 Å². The molecule has 1 amide bonds. The van der Waals surface area contributed by atoms with Crippen molar-refractivity contribution in [3.8, 4) is 11.4 Å². The highest BCUT2D eigenvalue weighted by Crippen LogP contribution is 2.32. The first kappa shape index (κ1) is 28.1. The molecule has 218 valence electrons. The molecule has 3 aromatic heterocycles. The zero-order valence-corrected chi connectivity index (χ0v) is 23.7. The Morgan fingerprint density at radius 3 is 2.74 bits per heavy atom. The molecule has 1 N–H and O–H groups in total. The molecular formula is C30H29F2N5O4S. The Hall–Kier alpha value is -4.03. The highest BCUT2D eigenvalue weighted by atomic mass is 32.2. The number of sulfone groups is 1. The summed E-state index contributed by atoms with van der Waals surface area (Å²) in [7, 11) is -3.96. The summed E-state index contributed by atoms with van der Waals surface area (Å²) in [6, 6.07) is 14.6. The minimum Gasteiger partial charge on any atom is -0.378 e. The lowest BCUT2D eigenvalue weighted by Crippen LogP contribution is -2.41. The maximum atomic E-state index is 13.3. The fourth-order valence-electron chi connectivity index (χ4n) is 5.58. The number of aromatic nitrogens is 3. The number of ether oxygens (including phenoxy) is 1. The van der Waals surface area contributed by atoms with E-state index in [1.807, 2.05) is 30.3 Å². The molecule has 5 heterocycles. The van der Waals surface area contributed by atoms with Gasteiger partial charge in [-0.1, -0.05) is 12.1 Å². The Kier molecular flexibility index (Phi) is 7.58. The predicted octanol–water partition coefficient (Wildman–Crippen LogP) is 4.58. The third-order valence-electron chi connectivity index (χ3n) is 7.78. The number of pyridine rings is 3. The average molecular weight is 594 g/mol. The van der Waals surface area contributed by atoms with Gasteiger partial charge in [0.2, 0.25) is 0 Å². The maximum Gasteiger partial charge on any atom is 0.265 e. The Morgan fingerprint density at radius 2 is 1.93 bits per heavy atom. The first-order chi connectivity index (χ1) is 20.2. The summed E-state index contributed by atoms with van der Waals surface area (Å²) in [6.07, 6.45) is 1.94. The summed E-state index contributed by atoms with van der Waals surface area (Å²) >= 11 is 0. The van der Waals surface area contributed by atoms with Crippen LogP contribution in [0.15, 0.2) is 65.7 Å². The van der Waals surface area contributed by atoms with E-state index in [1.165, 1.54) is 6.07 Å². The van der Waals surface area contributed by atoms with Gasteiger partial charge in [-0.05, 0) is 55.3 Å². The number of nitrogens with zero attached hydrogens (tertiary/aromatic N) is 4. The van der Waals surface area contributed by atoms with Gasteiger partial charge in [-0.15, -0.1) is 0 Å². The van der Waals surface area contributed by atoms with Gasteiger partial charge in [0.05, 0.1) is 40.1 Å². The topological polar surface area (TPSA) is 114 Å². The lowest BCUT2D eigenvalue weighted by atomic mass is 9.94. The third-order valence-corrected chi connectivity index (χ3v) is 8.93. The molecule has 0 unspecified atom stereocenters. The van der Waals surface area contributed by atoms with E-state index in [9.17, 15) is 22.0 Å². The number of benzene rings is 1. The number of carbonyl (C=O) groups is 1. The van der Waals surface area contributed by atoms with Gasteiger partial charge in [-0.25, -0.2) is 27.2 Å². The fourth-order valence-corrected chi connectivity index (χ4v) is 6.50. The zero-order valence-electron chi connectivity index (χ0n) is 22.8. The number of rotatable bonds is 7. The van der Waals surface area contributed by atoms with Crippen LogP contribution in [-0.4, -0.2) is 61.3 Å². The molecule has 0 spiro atoms. The van der Waals surface area contributed by atoms with Crippen molar-refractivity contribution < 1.29 is 26.7 Å². The molecule has 6 rings (SSSR count). The minimum absolute atomic E-state index is 0.0278. The Labute approximate surface area is 241 Å². The van der Waals surface area contributed by atoms with E-state index in [4.69, 9.17) is 14.7 Å². The molecule has 2 saturated heterocycles. The summed E-state index contributed by atoms with van der Waals surface area (Å²) in [4.78, 5) is 28.6. The third kappa shape index (κ3) is 5.82. The highest BCUT2D eigenvalue weighted by molar-refractivity contribution is 7.90. The molecule has 2 aliphatic heterocycles. The Bertz CT molecular complexity index is 1770. The number of alkyl halides is 2. The molecule has 12 heteroatoms. The van der Waals surface area contributed by atoms with E-state index in [-0.39, 0.29) is 12.1 Å². The van der Waals surface area contributed by atoms with Crippen LogP contribution in [0.2, 0.25) is 0 Å². The second-order valence-electron chi connectivity index (χ2n) is 10.6. The molecule has 4 aromatic rings. The number of hydrogen-bond donors (Lipinski definition) is 1. The van der Waals surface area contributed by atoms with E-state index < -0.39 is 32.6 Å². The van der Waals surface area contributed by atoms with Crippen LogP contribution in [0, 0.1) is 5.92 Å². The van der Waals surface area contributed by atoms with Gasteiger partial charge in [0.15, 0.2) is 9.84 Å². The average Bonchev–Trinajstić information content (AvgIpc) is 3.47. The van der Waals surface area contributed by atoms with Crippen molar-refractivity contribution in [3.63, 3.8) is 0 Å². The molecule has 2 atom stereocenters. The predicted molar refractivity (Wildman–Crippen MR) is 153 cm³/mol. The lowest BCUT2D eigenvalue weighted by Gasteiger charge is -2.35. The van der Waals surface area contributed by atoms with Gasteiger partial charge in [0.25, 0.3) is 12.3 Å². The molecule has 0 aliphatic carbocycles. The maximum absolute atomic E-state index is 13.3. The number of halogens is 2. The van der Waals surface area contributed by atoms with Gasteiger partial charge in [0, 0.05) is 54.6 Å². The summed E-state index contributed by atoms with van der Waals surface area (Å²) in [5, 5.41) is 3.49. The number of piperidine rings is 1. The second-order valence-corrected chi connectivity index (χ2v) is 12.6. The lowest BCUT2D eigenvalue weighted by molar-refractivity contribution is 0.0771. The number of nitrogens with one attached hydrogen (secondary N) is 1. The van der Waals surface area contributed by atoms with Crippen LogP contribution in [0.3, 0.4) is 0 Å². The van der Waals surface area contributed by atoms with Crippen molar-refractivity contribution in [3.05, 3.63) is 77.6 Å². The molecule has 9 nitrogen and oxygen atoms in total. The van der Waals surface area contributed by atoms with E-state index in [1.54, 1.807) is 12.3 Å². The quantitative estimate of drug-likeness (QED) is 0.331. The summed E-state index contributed by atoms with van der Waals surface area (Å²) in [5.74, 6) is 0.838. The first-order valence-electron chi connectivity index (χ1n) is 13.7. The highest BCUT2D eigenvalue weighted by Gasteiger charge is 2.34. The van der Waals surface area contributed by atoms with Crippen molar-refractivity contribution in [1.29, 1.82) is 0 Å². The fraction of sp³-hybridized carbons (Fsp3) is 0.333. The summed E-state index contributed by atoms with van der Waals surface area (Å²) in [6.45, 7) is 2.69. The SMILES string of the molecule is CS(=O)(=O)c1cc(C(=O)NCc2cc3nc(-c4cccc(N5CC[C@@H]6OCC[C@H]6C5)n4)ccc3cn2)ccc1C(F)F. The van der Waals surface area contributed by atoms with Crippen LogP contribution < -0.4 is 10.2 Å². The van der Waals surface area contributed by atoms with Crippen LogP contribution in [0.1, 0.15) is 40.9 Å². The number of anilines is 1. The van der Waals surface area contributed by atoms with Gasteiger partial charge in [-0.3, -0.25) is 9.78 Å². The van der Waals surface area contributed by atoms with Crippen LogP contribution in [0.25, 0.3) is 22.3 Å². The van der Waals surface area contributed by atoms with E-state index in [0.29, 0.717) is 28.9 Å². The van der Waals surface area contributed by atoms with Gasteiger partial charge in [0.1, 0.15) is 5.82 Å². The molecule has 1 aromatic carbocycles. The van der Waals surface area contributed by atoms with Crippen molar-refractivity contribution in [2.24, 2.45) is 5.92 Å². The molecule has 2 aliphatic rings. The molecule has 2 fully saturated rings. The zero-order chi connectivity index (χ0) is 29.4. The van der Waals surface area contributed by atoms with Crippen molar-refractivity contribution in [2.45, 2.75) is 36.8 Å². The van der Waals surface area contributed by atoms with Crippen LogP contribution in [0.5, 0.6) is 0 Å². The monoisotopic (exact) mass is 593 g/mol. The molecule has 0 bridgehead atoms. The van der Waals surface area contributed by atoms with Gasteiger partial charge < -0.3 is 15.0 Å². The number of fused-ring (bicyclic) bond motifs is 2. The molecular weight excluding hydrogens is 564 g/mol. The van der Waals surface area contributed by atoms with Crippen LogP contribution in [-0.2, 0) is 21.1 Å². The Morgan fingerprint density at radius 1 is 1.10 bits per heavy atom. The number of hydrogen-bond acceptors (Lipinski definition) is 8. The van der Waals surface area contributed by atoms with E-state index in [0.717, 1.165) is 67.8 Å². The molecule has 42 heavy (non-hydrogen) atoms. The van der Waals surface area contributed by atoms with E-state index >= 15 is 0 Å². The molecule has 0 saturated carbocycles. The van der Waals surface area contributed by atoms with Gasteiger partial charge in [-0.2, -0.15) is 0 Å². The first-order valence-corrected chi connectivity index (χ1v) is 15.5. The normalized spacial score (nSPS) is 18.8. The standard InChI is InChI=1S/C30H29F2N5O4S/c1-42(39,40)27-13-18(5-7-22(27)29(31)32)30(38)34-16-21-14-25-19(15-33-21)6-8-24(35-25)23-3-2-4-28(36-23)37-11-9-26-20(17-37)10-12-41-26/h2-8,13-15,20,26,29H,9-12,16-17H2,1H3,(H,34,38)/t20-,26-/m0/s1. The minimum atomic E-state index is -3.96. The number of amides is 1. The van der Waals surface area contributed by atoms with Crippen molar-refractivity contribution in [1.82, 2.24) is 20.3 Å². The Balaban J connectivity index is 1.18. The largest absolute Gasteiger partial charge is 0.378 e. The van der Waals surface area contributed by atoms with Crippen LogP contribution >= 0.6 is 0 Å². The number of carbonyl (C=O) groups excluding carboxylic acids is 1. The molecule has 0 radical (unpaired) electrons. The summed E-state index contributed by atoms with van der Waals surface area (Å²) < 4.78 is 56.4. The second kappa shape index (κ2) is 11.3. The van der Waals surface area contributed by atoms with Crippen LogP contribution in [0.4, 0.5) is 14.6 Å². The van der Waals surface area contributed by atoms with Crippen molar-refractivity contribution in [2.75, 3.05) is 30.9 Å². The van der Waals surface area contributed by atoms with E-state index in [2.05, 4.69) is 15.2 Å². The summed E-state index contributed by atoms with van der Waals surface area (Å²) in [5.41, 5.74) is 1.97. The smallest absolute Gasteiger partial charge is 0.265 e.